The lowest BCUT2D eigenvalue weighted by Gasteiger charge is -2.11. The molecule has 1 amide bonds. The Morgan fingerprint density at radius 1 is 1.14 bits per heavy atom. The Labute approximate surface area is 173 Å². The largest absolute Gasteiger partial charge is 0.573 e. The fraction of sp³-hybridized carbons (Fsp3) is 0.200. The number of aromatic nitrogens is 2. The number of halogens is 4. The molecule has 152 valence electrons. The van der Waals surface area contributed by atoms with Gasteiger partial charge >= 0.3 is 6.36 Å². The highest BCUT2D eigenvalue weighted by Crippen LogP contribution is 2.32. The fourth-order valence-corrected chi connectivity index (χ4v) is 3.20. The van der Waals surface area contributed by atoms with Crippen LogP contribution < -0.4 is 10.1 Å². The van der Waals surface area contributed by atoms with E-state index in [9.17, 15) is 18.0 Å². The third kappa shape index (κ3) is 5.38. The van der Waals surface area contributed by atoms with Gasteiger partial charge in [-0.2, -0.15) is 5.10 Å². The van der Waals surface area contributed by atoms with E-state index in [1.807, 2.05) is 31.2 Å². The molecule has 0 aliphatic heterocycles. The van der Waals surface area contributed by atoms with Crippen LogP contribution in [-0.2, 0) is 18.3 Å². The van der Waals surface area contributed by atoms with Gasteiger partial charge in [0.15, 0.2) is 0 Å². The van der Waals surface area contributed by atoms with Gasteiger partial charge in [0, 0.05) is 17.1 Å². The van der Waals surface area contributed by atoms with Gasteiger partial charge in [0.25, 0.3) is 0 Å². The van der Waals surface area contributed by atoms with Crippen LogP contribution in [0.3, 0.4) is 0 Å². The summed E-state index contributed by atoms with van der Waals surface area (Å²) in [7, 11) is 1.73. The SMILES string of the molecule is Cc1nn(C)c(NC(=O)Cc2ccc(OC(F)(F)F)cc2)c1-c1ccc(Br)cc1. The average molecular weight is 468 g/mol. The first-order chi connectivity index (χ1) is 13.6. The number of alkyl halides is 3. The molecule has 0 bridgehead atoms. The smallest absolute Gasteiger partial charge is 0.406 e. The highest BCUT2D eigenvalue weighted by molar-refractivity contribution is 9.10. The summed E-state index contributed by atoms with van der Waals surface area (Å²) in [5.41, 5.74) is 3.03. The molecule has 3 aromatic rings. The maximum Gasteiger partial charge on any atom is 0.573 e. The van der Waals surface area contributed by atoms with Crippen molar-refractivity contribution in [2.75, 3.05) is 5.32 Å². The number of rotatable bonds is 5. The zero-order valence-corrected chi connectivity index (χ0v) is 17.1. The summed E-state index contributed by atoms with van der Waals surface area (Å²) in [6.45, 7) is 1.85. The normalized spacial score (nSPS) is 11.4. The number of aryl methyl sites for hydroxylation is 2. The van der Waals surface area contributed by atoms with E-state index in [1.54, 1.807) is 11.7 Å². The van der Waals surface area contributed by atoms with Gasteiger partial charge in [-0.3, -0.25) is 9.48 Å². The quantitative estimate of drug-likeness (QED) is 0.558. The number of carbonyl (C=O) groups is 1. The van der Waals surface area contributed by atoms with Gasteiger partial charge in [0.05, 0.1) is 12.1 Å². The van der Waals surface area contributed by atoms with Crippen molar-refractivity contribution in [3.63, 3.8) is 0 Å². The van der Waals surface area contributed by atoms with Crippen LogP contribution in [0.4, 0.5) is 19.0 Å². The summed E-state index contributed by atoms with van der Waals surface area (Å²) in [5.74, 6) is -0.0934. The van der Waals surface area contributed by atoms with Crippen molar-refractivity contribution in [1.82, 2.24) is 9.78 Å². The Kier molecular flexibility index (Phi) is 5.97. The second kappa shape index (κ2) is 8.28. The first-order valence-corrected chi connectivity index (χ1v) is 9.36. The van der Waals surface area contributed by atoms with E-state index in [4.69, 9.17) is 0 Å². The molecular weight excluding hydrogens is 451 g/mol. The molecule has 0 aliphatic carbocycles. The van der Waals surface area contributed by atoms with Crippen LogP contribution in [0.25, 0.3) is 11.1 Å². The predicted molar refractivity (Wildman–Crippen MR) is 107 cm³/mol. The average Bonchev–Trinajstić information content (AvgIpc) is 2.90. The molecule has 0 fully saturated rings. The number of hydrogen-bond donors (Lipinski definition) is 1. The van der Waals surface area contributed by atoms with Gasteiger partial charge in [0.2, 0.25) is 5.91 Å². The minimum atomic E-state index is -4.75. The highest BCUT2D eigenvalue weighted by Gasteiger charge is 2.31. The molecule has 9 heteroatoms. The lowest BCUT2D eigenvalue weighted by Crippen LogP contribution is -2.18. The van der Waals surface area contributed by atoms with Crippen molar-refractivity contribution in [3.05, 3.63) is 64.3 Å². The maximum absolute atomic E-state index is 12.5. The summed E-state index contributed by atoms with van der Waals surface area (Å²) < 4.78 is 43.1. The molecule has 0 unspecified atom stereocenters. The van der Waals surface area contributed by atoms with Gasteiger partial charge in [-0.25, -0.2) is 0 Å². The molecule has 3 rings (SSSR count). The number of hydrogen-bond acceptors (Lipinski definition) is 3. The lowest BCUT2D eigenvalue weighted by atomic mass is 10.1. The molecule has 1 N–H and O–H groups in total. The monoisotopic (exact) mass is 467 g/mol. The van der Waals surface area contributed by atoms with Crippen molar-refractivity contribution < 1.29 is 22.7 Å². The predicted octanol–water partition coefficient (Wildman–Crippen LogP) is 5.24. The Balaban J connectivity index is 1.75. The third-order valence-electron chi connectivity index (χ3n) is 4.13. The van der Waals surface area contributed by atoms with E-state index in [-0.39, 0.29) is 18.1 Å². The molecule has 29 heavy (non-hydrogen) atoms. The van der Waals surface area contributed by atoms with Gasteiger partial charge in [-0.05, 0) is 42.3 Å². The Bertz CT molecular complexity index is 1010. The molecule has 0 radical (unpaired) electrons. The molecule has 2 aromatic carbocycles. The van der Waals surface area contributed by atoms with E-state index in [2.05, 4.69) is 31.1 Å². The topological polar surface area (TPSA) is 56.2 Å². The van der Waals surface area contributed by atoms with Crippen LogP contribution in [0.1, 0.15) is 11.3 Å². The Hall–Kier alpha value is -2.81. The number of nitrogens with one attached hydrogen (secondary N) is 1. The van der Waals surface area contributed by atoms with Gasteiger partial charge in [-0.1, -0.05) is 40.2 Å². The first-order valence-electron chi connectivity index (χ1n) is 8.56. The van der Waals surface area contributed by atoms with Crippen molar-refractivity contribution in [3.8, 4) is 16.9 Å². The summed E-state index contributed by atoms with van der Waals surface area (Å²) in [6.07, 6.45) is -4.75. The minimum absolute atomic E-state index is 0.00367. The van der Waals surface area contributed by atoms with Crippen LogP contribution in [-0.4, -0.2) is 22.1 Å². The first kappa shape index (κ1) is 20.9. The number of amides is 1. The van der Waals surface area contributed by atoms with Crippen LogP contribution >= 0.6 is 15.9 Å². The molecule has 0 saturated carbocycles. The van der Waals surface area contributed by atoms with E-state index in [0.29, 0.717) is 11.4 Å². The number of benzene rings is 2. The zero-order valence-electron chi connectivity index (χ0n) is 15.5. The second-order valence-electron chi connectivity index (χ2n) is 6.36. The van der Waals surface area contributed by atoms with Gasteiger partial charge in [-0.15, -0.1) is 13.2 Å². The summed E-state index contributed by atoms with van der Waals surface area (Å²) in [6, 6.07) is 12.8. The Morgan fingerprint density at radius 2 is 1.76 bits per heavy atom. The van der Waals surface area contributed by atoms with Crippen molar-refractivity contribution >= 4 is 27.7 Å². The van der Waals surface area contributed by atoms with Crippen LogP contribution in [0.2, 0.25) is 0 Å². The molecule has 0 spiro atoms. The molecule has 0 atom stereocenters. The number of anilines is 1. The molecule has 0 saturated heterocycles. The van der Waals surface area contributed by atoms with Gasteiger partial charge < -0.3 is 10.1 Å². The van der Waals surface area contributed by atoms with Gasteiger partial charge in [0.1, 0.15) is 11.6 Å². The summed E-state index contributed by atoms with van der Waals surface area (Å²) in [5, 5.41) is 7.24. The number of nitrogens with zero attached hydrogens (tertiary/aromatic N) is 2. The number of carbonyl (C=O) groups excluding carboxylic acids is 1. The lowest BCUT2D eigenvalue weighted by molar-refractivity contribution is -0.274. The van der Waals surface area contributed by atoms with Crippen LogP contribution in [0.15, 0.2) is 53.0 Å². The van der Waals surface area contributed by atoms with E-state index in [0.717, 1.165) is 21.3 Å². The molecule has 1 heterocycles. The Morgan fingerprint density at radius 3 is 2.34 bits per heavy atom. The summed E-state index contributed by atoms with van der Waals surface area (Å²) >= 11 is 3.40. The molecule has 1 aromatic heterocycles. The molecule has 0 aliphatic rings. The van der Waals surface area contributed by atoms with Crippen molar-refractivity contribution in [1.29, 1.82) is 0 Å². The zero-order chi connectivity index (χ0) is 21.2. The van der Waals surface area contributed by atoms with E-state index < -0.39 is 6.36 Å². The summed E-state index contributed by atoms with van der Waals surface area (Å²) in [4.78, 5) is 12.5. The van der Waals surface area contributed by atoms with Crippen LogP contribution in [0, 0.1) is 6.92 Å². The van der Waals surface area contributed by atoms with Crippen molar-refractivity contribution in [2.45, 2.75) is 19.7 Å². The number of ether oxygens (including phenoxy) is 1. The molecule has 5 nitrogen and oxygen atoms in total. The second-order valence-corrected chi connectivity index (χ2v) is 7.27. The standard InChI is InChI=1S/C20H17BrF3N3O2/c1-12-18(14-5-7-15(21)8-6-14)19(27(2)26-12)25-17(28)11-13-3-9-16(10-4-13)29-20(22,23)24/h3-10H,11H2,1-2H3,(H,25,28). The van der Waals surface area contributed by atoms with Crippen molar-refractivity contribution in [2.24, 2.45) is 7.05 Å². The minimum Gasteiger partial charge on any atom is -0.406 e. The molecular formula is C20H17BrF3N3O2. The van der Waals surface area contributed by atoms with Crippen LogP contribution in [0.5, 0.6) is 5.75 Å². The van der Waals surface area contributed by atoms with E-state index in [1.165, 1.54) is 24.3 Å². The fourth-order valence-electron chi connectivity index (χ4n) is 2.93. The maximum atomic E-state index is 12.5. The highest BCUT2D eigenvalue weighted by atomic mass is 79.9. The third-order valence-corrected chi connectivity index (χ3v) is 4.66. The van der Waals surface area contributed by atoms with E-state index >= 15 is 0 Å².